The molecule has 6 heteroatoms. The van der Waals surface area contributed by atoms with E-state index < -0.39 is 0 Å². The highest BCUT2D eigenvalue weighted by atomic mass is 16.5. The number of unbranched alkanes of at least 4 members (excludes halogenated alkanes) is 1. The van der Waals surface area contributed by atoms with E-state index >= 15 is 0 Å². The molecule has 1 aliphatic rings. The second kappa shape index (κ2) is 10.6. The van der Waals surface area contributed by atoms with Gasteiger partial charge in [0.2, 0.25) is 11.8 Å². The number of ether oxygens (including phenoxy) is 1. The molecule has 1 unspecified atom stereocenters. The van der Waals surface area contributed by atoms with Gasteiger partial charge in [0, 0.05) is 33.2 Å². The predicted molar refractivity (Wildman–Crippen MR) is 86.6 cm³/mol. The molecule has 1 fully saturated rings. The molecule has 0 aromatic heterocycles. The number of hydrogen-bond donors (Lipinski definition) is 1. The first-order valence-corrected chi connectivity index (χ1v) is 8.39. The van der Waals surface area contributed by atoms with Gasteiger partial charge in [-0.3, -0.25) is 9.59 Å². The molecular formula is C16H31N3O3. The maximum atomic E-state index is 12.1. The number of methoxy groups -OCH3 is 1. The van der Waals surface area contributed by atoms with E-state index in [1.54, 1.807) is 12.0 Å². The third kappa shape index (κ3) is 6.32. The van der Waals surface area contributed by atoms with Gasteiger partial charge in [0.25, 0.3) is 0 Å². The van der Waals surface area contributed by atoms with Crippen molar-refractivity contribution in [2.75, 3.05) is 53.0 Å². The Labute approximate surface area is 134 Å². The van der Waals surface area contributed by atoms with Gasteiger partial charge in [0.05, 0.1) is 12.5 Å². The fourth-order valence-corrected chi connectivity index (χ4v) is 2.72. The van der Waals surface area contributed by atoms with Crippen LogP contribution in [0, 0.1) is 5.92 Å². The summed E-state index contributed by atoms with van der Waals surface area (Å²) in [5.74, 6) is -0.137. The maximum Gasteiger partial charge on any atom is 0.225 e. The molecule has 22 heavy (non-hydrogen) atoms. The lowest BCUT2D eigenvalue weighted by molar-refractivity contribution is -0.129. The third-order valence-corrected chi connectivity index (χ3v) is 4.25. The van der Waals surface area contributed by atoms with Crippen molar-refractivity contribution < 1.29 is 14.3 Å². The summed E-state index contributed by atoms with van der Waals surface area (Å²) in [5.41, 5.74) is 0. The Balaban J connectivity index is 2.17. The Morgan fingerprint density at radius 2 is 2.09 bits per heavy atom. The molecule has 0 aliphatic carbocycles. The van der Waals surface area contributed by atoms with E-state index in [4.69, 9.17) is 4.74 Å². The Kier molecular flexibility index (Phi) is 9.08. The summed E-state index contributed by atoms with van der Waals surface area (Å²) in [4.78, 5) is 28.0. The Morgan fingerprint density at radius 3 is 2.73 bits per heavy atom. The average Bonchev–Trinajstić information content (AvgIpc) is 2.89. The second-order valence-corrected chi connectivity index (χ2v) is 5.76. The van der Waals surface area contributed by atoms with Gasteiger partial charge in [-0.1, -0.05) is 13.8 Å². The lowest BCUT2D eigenvalue weighted by atomic mass is 10.1. The zero-order valence-corrected chi connectivity index (χ0v) is 14.3. The first kappa shape index (κ1) is 18.9. The van der Waals surface area contributed by atoms with E-state index in [-0.39, 0.29) is 17.7 Å². The lowest BCUT2D eigenvalue weighted by Gasteiger charge is -2.18. The Morgan fingerprint density at radius 1 is 1.36 bits per heavy atom. The first-order valence-electron chi connectivity index (χ1n) is 8.39. The maximum absolute atomic E-state index is 12.1. The SMILES string of the molecule is CCN(CC)CCCCNC(=O)C1CC(=O)N(CCOC)C1. The molecule has 0 saturated carbocycles. The molecule has 1 heterocycles. The van der Waals surface area contributed by atoms with Crippen molar-refractivity contribution in [3.05, 3.63) is 0 Å². The molecule has 0 aromatic carbocycles. The van der Waals surface area contributed by atoms with Crippen LogP contribution < -0.4 is 5.32 Å². The fourth-order valence-electron chi connectivity index (χ4n) is 2.72. The number of hydrogen-bond acceptors (Lipinski definition) is 4. The van der Waals surface area contributed by atoms with Crippen LogP contribution in [-0.4, -0.2) is 74.6 Å². The van der Waals surface area contributed by atoms with Crippen molar-refractivity contribution in [2.24, 2.45) is 5.92 Å². The molecule has 1 saturated heterocycles. The molecule has 2 amide bonds. The zero-order valence-electron chi connectivity index (χ0n) is 14.3. The van der Waals surface area contributed by atoms with E-state index in [2.05, 4.69) is 24.1 Å². The highest BCUT2D eigenvalue weighted by Crippen LogP contribution is 2.17. The van der Waals surface area contributed by atoms with E-state index in [1.165, 1.54) is 0 Å². The summed E-state index contributed by atoms with van der Waals surface area (Å²) < 4.78 is 4.98. The van der Waals surface area contributed by atoms with E-state index in [1.807, 2.05) is 0 Å². The van der Waals surface area contributed by atoms with Gasteiger partial charge in [0.15, 0.2) is 0 Å². The largest absolute Gasteiger partial charge is 0.383 e. The van der Waals surface area contributed by atoms with Gasteiger partial charge < -0.3 is 19.9 Å². The van der Waals surface area contributed by atoms with Gasteiger partial charge in [-0.05, 0) is 32.5 Å². The van der Waals surface area contributed by atoms with Crippen LogP contribution in [0.2, 0.25) is 0 Å². The standard InChI is InChI=1S/C16H31N3O3/c1-4-18(5-2)9-7-6-8-17-16(21)14-12-15(20)19(13-14)10-11-22-3/h14H,4-13H2,1-3H3,(H,17,21). The topological polar surface area (TPSA) is 61.9 Å². The minimum absolute atomic E-state index is 0.0103. The molecular weight excluding hydrogens is 282 g/mol. The predicted octanol–water partition coefficient (Wildman–Crippen LogP) is 0.720. The number of carbonyl (C=O) groups excluding carboxylic acids is 2. The molecule has 1 N–H and O–H groups in total. The quantitative estimate of drug-likeness (QED) is 0.571. The van der Waals surface area contributed by atoms with Gasteiger partial charge in [-0.25, -0.2) is 0 Å². The summed E-state index contributed by atoms with van der Waals surface area (Å²) in [6, 6.07) is 0. The molecule has 6 nitrogen and oxygen atoms in total. The van der Waals surface area contributed by atoms with Crippen molar-refractivity contribution in [2.45, 2.75) is 33.1 Å². The van der Waals surface area contributed by atoms with Crippen LogP contribution >= 0.6 is 0 Å². The Bertz CT molecular complexity index is 346. The molecule has 0 aromatic rings. The minimum Gasteiger partial charge on any atom is -0.383 e. The molecule has 128 valence electrons. The van der Waals surface area contributed by atoms with Gasteiger partial charge in [0.1, 0.15) is 0 Å². The van der Waals surface area contributed by atoms with Crippen molar-refractivity contribution in [3.63, 3.8) is 0 Å². The van der Waals surface area contributed by atoms with Crippen LogP contribution in [0.5, 0.6) is 0 Å². The lowest BCUT2D eigenvalue weighted by Crippen LogP contribution is -2.34. The monoisotopic (exact) mass is 313 g/mol. The Hall–Kier alpha value is -1.14. The van der Waals surface area contributed by atoms with Crippen LogP contribution in [-0.2, 0) is 14.3 Å². The van der Waals surface area contributed by atoms with Crippen LogP contribution in [0.4, 0.5) is 0 Å². The van der Waals surface area contributed by atoms with Crippen molar-refractivity contribution >= 4 is 11.8 Å². The molecule has 0 radical (unpaired) electrons. The van der Waals surface area contributed by atoms with Crippen LogP contribution in [0.1, 0.15) is 33.1 Å². The third-order valence-electron chi connectivity index (χ3n) is 4.25. The summed E-state index contributed by atoms with van der Waals surface area (Å²) in [6.07, 6.45) is 2.40. The van der Waals surface area contributed by atoms with Crippen LogP contribution in [0.3, 0.4) is 0 Å². The molecule has 1 rings (SSSR count). The number of nitrogens with one attached hydrogen (secondary N) is 1. The molecule has 0 spiro atoms. The summed E-state index contributed by atoms with van der Waals surface area (Å²) in [7, 11) is 1.61. The van der Waals surface area contributed by atoms with Crippen molar-refractivity contribution in [1.82, 2.24) is 15.1 Å². The van der Waals surface area contributed by atoms with Crippen LogP contribution in [0.15, 0.2) is 0 Å². The zero-order chi connectivity index (χ0) is 16.4. The second-order valence-electron chi connectivity index (χ2n) is 5.76. The number of likely N-dealkylation sites (tertiary alicyclic amines) is 1. The smallest absolute Gasteiger partial charge is 0.225 e. The van der Waals surface area contributed by atoms with E-state index in [0.717, 1.165) is 32.5 Å². The fraction of sp³-hybridized carbons (Fsp3) is 0.875. The number of nitrogens with zero attached hydrogens (tertiary/aromatic N) is 2. The van der Waals surface area contributed by atoms with Crippen molar-refractivity contribution in [1.29, 1.82) is 0 Å². The highest BCUT2D eigenvalue weighted by Gasteiger charge is 2.33. The highest BCUT2D eigenvalue weighted by molar-refractivity contribution is 5.89. The van der Waals surface area contributed by atoms with Gasteiger partial charge in [-0.15, -0.1) is 0 Å². The van der Waals surface area contributed by atoms with Gasteiger partial charge >= 0.3 is 0 Å². The number of amides is 2. The number of rotatable bonds is 11. The normalized spacial score (nSPS) is 18.3. The average molecular weight is 313 g/mol. The number of carbonyl (C=O) groups is 2. The first-order chi connectivity index (χ1) is 10.6. The minimum atomic E-state index is -0.202. The summed E-state index contributed by atoms with van der Waals surface area (Å²) in [6.45, 7) is 9.87. The van der Waals surface area contributed by atoms with Gasteiger partial charge in [-0.2, -0.15) is 0 Å². The molecule has 1 atom stereocenters. The van der Waals surface area contributed by atoms with Crippen LogP contribution in [0.25, 0.3) is 0 Å². The molecule has 1 aliphatic heterocycles. The summed E-state index contributed by atoms with van der Waals surface area (Å²) in [5, 5.41) is 2.96. The molecule has 0 bridgehead atoms. The summed E-state index contributed by atoms with van der Waals surface area (Å²) >= 11 is 0. The van der Waals surface area contributed by atoms with E-state index in [0.29, 0.717) is 32.7 Å². The van der Waals surface area contributed by atoms with E-state index in [9.17, 15) is 9.59 Å². The van der Waals surface area contributed by atoms with Crippen molar-refractivity contribution in [3.8, 4) is 0 Å².